The first-order chi connectivity index (χ1) is 11.8. The van der Waals surface area contributed by atoms with Crippen molar-refractivity contribution in [3.8, 4) is 0 Å². The van der Waals surface area contributed by atoms with Gasteiger partial charge < -0.3 is 4.90 Å². The molecule has 0 bridgehead atoms. The van der Waals surface area contributed by atoms with Crippen LogP contribution in [0.1, 0.15) is 22.4 Å². The molecular formula is C20H22N2OS. The maximum atomic E-state index is 12.4. The SMILES string of the molecule is O=C(/C=C/c1cccs1)N1CC[C@H](N2CCc3ccccc3C2)C1. The van der Waals surface area contributed by atoms with E-state index in [4.69, 9.17) is 0 Å². The van der Waals surface area contributed by atoms with Crippen molar-refractivity contribution in [3.05, 3.63) is 63.9 Å². The first-order valence-electron chi connectivity index (χ1n) is 8.61. The van der Waals surface area contributed by atoms with E-state index in [0.717, 1.165) is 43.9 Å². The van der Waals surface area contributed by atoms with Crippen LogP contribution in [-0.2, 0) is 17.8 Å². The smallest absolute Gasteiger partial charge is 0.246 e. The van der Waals surface area contributed by atoms with Crippen molar-refractivity contribution < 1.29 is 4.79 Å². The quantitative estimate of drug-likeness (QED) is 0.801. The van der Waals surface area contributed by atoms with Crippen LogP contribution in [0, 0.1) is 0 Å². The van der Waals surface area contributed by atoms with Crippen LogP contribution in [0.3, 0.4) is 0 Å². The van der Waals surface area contributed by atoms with E-state index >= 15 is 0 Å². The maximum Gasteiger partial charge on any atom is 0.246 e. The summed E-state index contributed by atoms with van der Waals surface area (Å²) < 4.78 is 0. The molecule has 0 radical (unpaired) electrons. The fourth-order valence-corrected chi connectivity index (χ4v) is 4.33. The van der Waals surface area contributed by atoms with Crippen LogP contribution in [0.15, 0.2) is 47.9 Å². The van der Waals surface area contributed by atoms with E-state index < -0.39 is 0 Å². The molecule has 0 spiro atoms. The van der Waals surface area contributed by atoms with Gasteiger partial charge in [0.1, 0.15) is 0 Å². The maximum absolute atomic E-state index is 12.4. The van der Waals surface area contributed by atoms with Gasteiger partial charge in [0, 0.05) is 43.2 Å². The molecular weight excluding hydrogens is 316 g/mol. The zero-order chi connectivity index (χ0) is 16.4. The van der Waals surface area contributed by atoms with Gasteiger partial charge >= 0.3 is 0 Å². The van der Waals surface area contributed by atoms with Gasteiger partial charge in [-0.05, 0) is 41.5 Å². The van der Waals surface area contributed by atoms with Crippen molar-refractivity contribution in [3.63, 3.8) is 0 Å². The highest BCUT2D eigenvalue weighted by molar-refractivity contribution is 7.10. The summed E-state index contributed by atoms with van der Waals surface area (Å²) >= 11 is 1.66. The fraction of sp³-hybridized carbons (Fsp3) is 0.350. The summed E-state index contributed by atoms with van der Waals surface area (Å²) in [5.74, 6) is 0.142. The average molecular weight is 338 g/mol. The normalized spacial score (nSPS) is 21.3. The molecule has 3 heterocycles. The van der Waals surface area contributed by atoms with E-state index in [1.54, 1.807) is 17.4 Å². The summed E-state index contributed by atoms with van der Waals surface area (Å²) in [6.45, 7) is 3.86. The molecule has 1 aromatic carbocycles. The van der Waals surface area contributed by atoms with E-state index in [9.17, 15) is 4.79 Å². The number of benzene rings is 1. The Balaban J connectivity index is 1.36. The number of rotatable bonds is 3. The largest absolute Gasteiger partial charge is 0.338 e. The average Bonchev–Trinajstić information content (AvgIpc) is 3.31. The van der Waals surface area contributed by atoms with E-state index in [1.807, 2.05) is 28.5 Å². The minimum Gasteiger partial charge on any atom is -0.338 e. The summed E-state index contributed by atoms with van der Waals surface area (Å²) in [5, 5.41) is 2.03. The van der Waals surface area contributed by atoms with E-state index in [1.165, 1.54) is 11.1 Å². The minimum atomic E-state index is 0.142. The number of hydrogen-bond donors (Lipinski definition) is 0. The lowest BCUT2D eigenvalue weighted by molar-refractivity contribution is -0.125. The number of carbonyl (C=O) groups is 1. The van der Waals surface area contributed by atoms with E-state index in [-0.39, 0.29) is 5.91 Å². The zero-order valence-corrected chi connectivity index (χ0v) is 14.5. The third-order valence-electron chi connectivity index (χ3n) is 5.08. The highest BCUT2D eigenvalue weighted by Gasteiger charge is 2.31. The third-order valence-corrected chi connectivity index (χ3v) is 5.92. The summed E-state index contributed by atoms with van der Waals surface area (Å²) in [4.78, 5) is 18.1. The van der Waals surface area contributed by atoms with Gasteiger partial charge in [0.05, 0.1) is 0 Å². The van der Waals surface area contributed by atoms with Crippen LogP contribution in [-0.4, -0.2) is 41.4 Å². The van der Waals surface area contributed by atoms with Gasteiger partial charge in [0.25, 0.3) is 0 Å². The number of thiophene rings is 1. The highest BCUT2D eigenvalue weighted by Crippen LogP contribution is 2.24. The molecule has 124 valence electrons. The summed E-state index contributed by atoms with van der Waals surface area (Å²) in [7, 11) is 0. The Morgan fingerprint density at radius 3 is 2.83 bits per heavy atom. The van der Waals surface area contributed by atoms with Crippen LogP contribution in [0.5, 0.6) is 0 Å². The molecule has 0 N–H and O–H groups in total. The lowest BCUT2D eigenvalue weighted by atomic mass is 9.98. The molecule has 2 aliphatic heterocycles. The van der Waals surface area contributed by atoms with Crippen molar-refractivity contribution in [1.29, 1.82) is 0 Å². The number of fused-ring (bicyclic) bond motifs is 1. The monoisotopic (exact) mass is 338 g/mol. The second-order valence-corrected chi connectivity index (χ2v) is 7.54. The highest BCUT2D eigenvalue weighted by atomic mass is 32.1. The predicted molar refractivity (Wildman–Crippen MR) is 98.9 cm³/mol. The number of likely N-dealkylation sites (tertiary alicyclic amines) is 1. The van der Waals surface area contributed by atoms with Crippen LogP contribution in [0.4, 0.5) is 0 Å². The number of carbonyl (C=O) groups excluding carboxylic acids is 1. The molecule has 1 fully saturated rings. The molecule has 24 heavy (non-hydrogen) atoms. The Kier molecular flexibility index (Phi) is 4.50. The standard InChI is InChI=1S/C20H22N2OS/c23-20(8-7-19-6-3-13-24-19)22-12-10-18(15-22)21-11-9-16-4-1-2-5-17(16)14-21/h1-8,13,18H,9-12,14-15H2/b8-7+/t18-/m0/s1. The van der Waals surface area contributed by atoms with Crippen LogP contribution in [0.25, 0.3) is 6.08 Å². The van der Waals surface area contributed by atoms with Gasteiger partial charge in [-0.25, -0.2) is 0 Å². The number of nitrogens with zero attached hydrogens (tertiary/aromatic N) is 2. The van der Waals surface area contributed by atoms with Crippen molar-refractivity contribution in [1.82, 2.24) is 9.80 Å². The van der Waals surface area contributed by atoms with Crippen LogP contribution in [0.2, 0.25) is 0 Å². The van der Waals surface area contributed by atoms with Gasteiger partial charge in [-0.3, -0.25) is 9.69 Å². The third kappa shape index (κ3) is 3.30. The first kappa shape index (κ1) is 15.6. The van der Waals surface area contributed by atoms with E-state index in [2.05, 4.69) is 29.2 Å². The Hall–Kier alpha value is -1.91. The molecule has 2 aliphatic rings. The predicted octanol–water partition coefficient (Wildman–Crippen LogP) is 3.42. The van der Waals surface area contributed by atoms with Crippen molar-refractivity contribution in [2.75, 3.05) is 19.6 Å². The molecule has 1 amide bonds. The van der Waals surface area contributed by atoms with Crippen molar-refractivity contribution in [2.45, 2.75) is 25.4 Å². The molecule has 0 unspecified atom stereocenters. The lowest BCUT2D eigenvalue weighted by Gasteiger charge is -2.33. The second kappa shape index (κ2) is 6.91. The summed E-state index contributed by atoms with van der Waals surface area (Å²) in [6.07, 6.45) is 5.86. The Bertz CT molecular complexity index is 738. The molecule has 1 atom stereocenters. The molecule has 4 heteroatoms. The Labute approximate surface area is 147 Å². The van der Waals surface area contributed by atoms with Gasteiger partial charge in [0.15, 0.2) is 0 Å². The molecule has 4 rings (SSSR count). The molecule has 3 nitrogen and oxygen atoms in total. The van der Waals surface area contributed by atoms with Gasteiger partial charge in [-0.2, -0.15) is 0 Å². The van der Waals surface area contributed by atoms with Gasteiger partial charge in [-0.15, -0.1) is 11.3 Å². The number of hydrogen-bond acceptors (Lipinski definition) is 3. The molecule has 1 aromatic heterocycles. The van der Waals surface area contributed by atoms with Gasteiger partial charge in [0.2, 0.25) is 5.91 Å². The van der Waals surface area contributed by atoms with Crippen molar-refractivity contribution in [2.24, 2.45) is 0 Å². The Morgan fingerprint density at radius 2 is 2.00 bits per heavy atom. The van der Waals surface area contributed by atoms with Gasteiger partial charge in [-0.1, -0.05) is 30.3 Å². The lowest BCUT2D eigenvalue weighted by Crippen LogP contribution is -2.41. The molecule has 0 aliphatic carbocycles. The van der Waals surface area contributed by atoms with Crippen LogP contribution < -0.4 is 0 Å². The zero-order valence-electron chi connectivity index (χ0n) is 13.7. The Morgan fingerprint density at radius 1 is 1.12 bits per heavy atom. The number of amides is 1. The summed E-state index contributed by atoms with van der Waals surface area (Å²) in [6, 6.07) is 13.3. The van der Waals surface area contributed by atoms with Crippen molar-refractivity contribution >= 4 is 23.3 Å². The summed E-state index contributed by atoms with van der Waals surface area (Å²) in [5.41, 5.74) is 2.93. The second-order valence-electron chi connectivity index (χ2n) is 6.56. The molecule has 2 aromatic rings. The van der Waals surface area contributed by atoms with E-state index in [0.29, 0.717) is 6.04 Å². The van der Waals surface area contributed by atoms with Crippen LogP contribution >= 0.6 is 11.3 Å². The topological polar surface area (TPSA) is 23.6 Å². The first-order valence-corrected chi connectivity index (χ1v) is 9.49. The minimum absolute atomic E-state index is 0.142. The molecule has 0 saturated carbocycles. The fourth-order valence-electron chi connectivity index (χ4n) is 3.71. The molecule has 1 saturated heterocycles.